The number of rotatable bonds is 14. The first-order chi connectivity index (χ1) is 21.1. The van der Waals surface area contributed by atoms with Crippen molar-refractivity contribution < 1.29 is 4.39 Å². The molecule has 2 aromatic carbocycles. The molecule has 4 aromatic rings. The smallest absolute Gasteiger partial charge is 0.125 e. The molecular formula is C37H45FN6. The highest BCUT2D eigenvalue weighted by Gasteiger charge is 2.15. The van der Waals surface area contributed by atoms with E-state index in [0.717, 1.165) is 80.6 Å². The minimum Gasteiger partial charge on any atom is -0.388 e. The van der Waals surface area contributed by atoms with E-state index in [-0.39, 0.29) is 5.82 Å². The zero-order valence-electron chi connectivity index (χ0n) is 26.8. The van der Waals surface area contributed by atoms with Crippen LogP contribution in [-0.2, 0) is 6.42 Å². The first-order valence-corrected chi connectivity index (χ1v) is 15.0. The van der Waals surface area contributed by atoms with Crippen molar-refractivity contribution in [2.75, 3.05) is 50.2 Å². The number of aromatic nitrogens is 2. The Morgan fingerprint density at radius 1 is 1.05 bits per heavy atom. The van der Waals surface area contributed by atoms with Gasteiger partial charge in [-0.05, 0) is 91.7 Å². The molecule has 0 radical (unpaired) electrons. The summed E-state index contributed by atoms with van der Waals surface area (Å²) < 4.78 is 14.8. The van der Waals surface area contributed by atoms with Gasteiger partial charge in [0.05, 0.1) is 11.9 Å². The molecule has 4 N–H and O–H groups in total. The number of nitrogens with zero attached hydrogens (tertiary/aromatic N) is 2. The second kappa shape index (κ2) is 14.7. The Morgan fingerprint density at radius 2 is 1.84 bits per heavy atom. The summed E-state index contributed by atoms with van der Waals surface area (Å²) in [6, 6.07) is 15.8. The minimum absolute atomic E-state index is 0.281. The van der Waals surface area contributed by atoms with Crippen LogP contribution in [0.5, 0.6) is 0 Å². The number of halogens is 1. The molecule has 0 aliphatic carbocycles. The molecular weight excluding hydrogens is 547 g/mol. The predicted molar refractivity (Wildman–Crippen MR) is 186 cm³/mol. The number of allylic oxidation sites excluding steroid dienone is 3. The molecule has 0 amide bonds. The fourth-order valence-electron chi connectivity index (χ4n) is 5.10. The van der Waals surface area contributed by atoms with Crippen LogP contribution in [0.15, 0.2) is 91.9 Å². The van der Waals surface area contributed by atoms with Crippen molar-refractivity contribution in [1.29, 1.82) is 0 Å². The second-order valence-electron chi connectivity index (χ2n) is 11.7. The van der Waals surface area contributed by atoms with Crippen molar-refractivity contribution in [2.45, 2.75) is 27.2 Å². The largest absolute Gasteiger partial charge is 0.388 e. The maximum Gasteiger partial charge on any atom is 0.125 e. The molecule has 0 spiro atoms. The lowest BCUT2D eigenvalue weighted by molar-refractivity contribution is 0.425. The highest BCUT2D eigenvalue weighted by Crippen LogP contribution is 2.32. The van der Waals surface area contributed by atoms with Crippen LogP contribution < -0.4 is 16.0 Å². The van der Waals surface area contributed by atoms with E-state index < -0.39 is 0 Å². The molecule has 7 heteroatoms. The van der Waals surface area contributed by atoms with Gasteiger partial charge in [0, 0.05) is 72.3 Å². The van der Waals surface area contributed by atoms with Crippen LogP contribution >= 0.6 is 0 Å². The normalized spacial score (nSPS) is 11.6. The Morgan fingerprint density at radius 3 is 2.55 bits per heavy atom. The molecule has 2 heterocycles. The molecule has 0 saturated carbocycles. The van der Waals surface area contributed by atoms with Crippen LogP contribution in [0.25, 0.3) is 16.7 Å². The number of likely N-dealkylation sites (N-methyl/N-ethyl adjacent to an activating group) is 1. The lowest BCUT2D eigenvalue weighted by Crippen LogP contribution is -2.20. The number of aromatic amines is 1. The molecule has 0 unspecified atom stereocenters. The van der Waals surface area contributed by atoms with E-state index in [1.165, 1.54) is 6.07 Å². The first-order valence-electron chi connectivity index (χ1n) is 15.0. The zero-order valence-corrected chi connectivity index (χ0v) is 26.8. The van der Waals surface area contributed by atoms with E-state index in [4.69, 9.17) is 0 Å². The van der Waals surface area contributed by atoms with Crippen molar-refractivity contribution in [1.82, 2.24) is 14.9 Å². The summed E-state index contributed by atoms with van der Waals surface area (Å²) in [7, 11) is 5.97. The highest BCUT2D eigenvalue weighted by atomic mass is 19.1. The summed E-state index contributed by atoms with van der Waals surface area (Å²) in [4.78, 5) is 10.1. The molecule has 0 aliphatic heterocycles. The number of hydrogen-bond donors (Lipinski definition) is 4. The molecule has 2 aromatic heterocycles. The van der Waals surface area contributed by atoms with Gasteiger partial charge in [0.15, 0.2) is 0 Å². The molecule has 0 bridgehead atoms. The first kappa shape index (κ1) is 32.3. The minimum atomic E-state index is -0.281. The van der Waals surface area contributed by atoms with E-state index in [9.17, 15) is 4.39 Å². The van der Waals surface area contributed by atoms with Crippen LogP contribution in [0.1, 0.15) is 41.9 Å². The molecule has 6 nitrogen and oxygen atoms in total. The van der Waals surface area contributed by atoms with Gasteiger partial charge < -0.3 is 25.8 Å². The topological polar surface area (TPSA) is 68.0 Å². The van der Waals surface area contributed by atoms with Gasteiger partial charge in [-0.25, -0.2) is 4.39 Å². The van der Waals surface area contributed by atoms with E-state index in [2.05, 4.69) is 95.1 Å². The average Bonchev–Trinajstić information content (AvgIpc) is 3.34. The monoisotopic (exact) mass is 592 g/mol. The van der Waals surface area contributed by atoms with Gasteiger partial charge in [0.1, 0.15) is 5.82 Å². The summed E-state index contributed by atoms with van der Waals surface area (Å²) >= 11 is 0. The van der Waals surface area contributed by atoms with Crippen molar-refractivity contribution >= 4 is 22.6 Å². The Bertz CT molecular complexity index is 1650. The summed E-state index contributed by atoms with van der Waals surface area (Å²) in [5.41, 5.74) is 11.7. The SMILES string of the molecule is C=C/C=C(/c1cc(F)cc(NCCN(C)C)c1)c1cc(Cc2cc(-c3cncc(NC(=C)C(C)C)c3)ccc2NC)[nH]c1C. The van der Waals surface area contributed by atoms with Gasteiger partial charge in [0.25, 0.3) is 0 Å². The summed E-state index contributed by atoms with van der Waals surface area (Å²) in [6.45, 7) is 15.9. The summed E-state index contributed by atoms with van der Waals surface area (Å²) in [5, 5.41) is 10.1. The quantitative estimate of drug-likeness (QED) is 0.111. The molecule has 0 atom stereocenters. The third-order valence-corrected chi connectivity index (χ3v) is 7.57. The van der Waals surface area contributed by atoms with Crippen molar-refractivity contribution in [3.05, 3.63) is 126 Å². The molecule has 0 saturated heterocycles. The Balaban J connectivity index is 1.63. The fraction of sp³-hybridized carbons (Fsp3) is 0.270. The number of pyridine rings is 1. The number of hydrogen-bond acceptors (Lipinski definition) is 5. The van der Waals surface area contributed by atoms with Crippen LogP contribution in [0.2, 0.25) is 0 Å². The molecule has 230 valence electrons. The van der Waals surface area contributed by atoms with Crippen molar-refractivity contribution in [3.8, 4) is 11.1 Å². The van der Waals surface area contributed by atoms with Gasteiger partial charge in [-0.2, -0.15) is 0 Å². The summed E-state index contributed by atoms with van der Waals surface area (Å²) in [5.74, 6) is 0.0415. The standard InChI is InChI=1S/C37H45FN6/c1-9-10-35(28-16-31(38)20-32(17-28)41-13-14-44(7)8)36-21-33(43-26(36)5)18-29-15-27(11-12-37(29)39-6)30-19-34(23-40-22-30)42-25(4)24(2)3/h9-12,15-17,19-24,39,41-43H,1,4,13-14,18H2,2-3,5-8H3/b35-10-. The lowest BCUT2D eigenvalue weighted by Gasteiger charge is -2.14. The van der Waals surface area contributed by atoms with E-state index >= 15 is 0 Å². The third kappa shape index (κ3) is 8.26. The summed E-state index contributed by atoms with van der Waals surface area (Å²) in [6.07, 6.45) is 8.08. The van der Waals surface area contributed by atoms with Gasteiger partial charge in [-0.3, -0.25) is 4.98 Å². The number of benzene rings is 2. The van der Waals surface area contributed by atoms with Crippen LogP contribution in [0.3, 0.4) is 0 Å². The Labute approximate surface area is 261 Å². The predicted octanol–water partition coefficient (Wildman–Crippen LogP) is 8.33. The fourth-order valence-corrected chi connectivity index (χ4v) is 5.10. The van der Waals surface area contributed by atoms with E-state index in [1.54, 1.807) is 12.1 Å². The van der Waals surface area contributed by atoms with E-state index in [1.807, 2.05) is 45.7 Å². The maximum atomic E-state index is 14.8. The number of nitrogens with one attached hydrogen (secondary N) is 4. The van der Waals surface area contributed by atoms with E-state index in [0.29, 0.717) is 12.3 Å². The Kier molecular flexibility index (Phi) is 10.8. The molecule has 0 aliphatic rings. The van der Waals surface area contributed by atoms with Crippen LogP contribution in [0, 0.1) is 18.7 Å². The molecule has 4 rings (SSSR count). The number of anilines is 3. The van der Waals surface area contributed by atoms with Crippen LogP contribution in [0.4, 0.5) is 21.5 Å². The second-order valence-corrected chi connectivity index (χ2v) is 11.7. The lowest BCUT2D eigenvalue weighted by atomic mass is 9.96. The van der Waals surface area contributed by atoms with Gasteiger partial charge in [-0.15, -0.1) is 0 Å². The highest BCUT2D eigenvalue weighted by molar-refractivity contribution is 5.83. The zero-order chi connectivity index (χ0) is 31.8. The Hall–Kier alpha value is -4.62. The van der Waals surface area contributed by atoms with Crippen molar-refractivity contribution in [3.63, 3.8) is 0 Å². The number of H-pyrrole nitrogens is 1. The van der Waals surface area contributed by atoms with Gasteiger partial charge in [0.2, 0.25) is 0 Å². The third-order valence-electron chi connectivity index (χ3n) is 7.57. The molecule has 0 fully saturated rings. The van der Waals surface area contributed by atoms with Gasteiger partial charge >= 0.3 is 0 Å². The average molecular weight is 593 g/mol. The van der Waals surface area contributed by atoms with Crippen LogP contribution in [-0.4, -0.2) is 49.1 Å². The number of aryl methyl sites for hydroxylation is 1. The molecule has 44 heavy (non-hydrogen) atoms. The van der Waals surface area contributed by atoms with Gasteiger partial charge in [-0.1, -0.05) is 45.2 Å². The maximum absolute atomic E-state index is 14.8. The van der Waals surface area contributed by atoms with Crippen molar-refractivity contribution in [2.24, 2.45) is 5.92 Å².